The Balaban J connectivity index is 1.29. The zero-order chi connectivity index (χ0) is 22.2. The molecule has 2 heteroatoms. The van der Waals surface area contributed by atoms with Crippen LogP contribution in [-0.2, 0) is 9.47 Å². The molecule has 1 heterocycles. The molecule has 0 spiro atoms. The van der Waals surface area contributed by atoms with Gasteiger partial charge in [-0.3, -0.25) is 0 Å². The van der Waals surface area contributed by atoms with Crippen LogP contribution in [0.4, 0.5) is 0 Å². The SMILES string of the molecule is CCCCC[C@H]1CC[C@H](c2ccc(-c3ccc([C@H]4CO[C@H](CCC)CO4)cc3)cc2)CC1. The first-order valence-electron chi connectivity index (χ1n) is 13.2. The molecule has 0 amide bonds. The first-order chi connectivity index (χ1) is 15.8. The monoisotopic (exact) mass is 434 g/mol. The molecule has 0 radical (unpaired) electrons. The Bertz CT molecular complexity index is 779. The average molecular weight is 435 g/mol. The summed E-state index contributed by atoms with van der Waals surface area (Å²) in [6, 6.07) is 18.2. The second-order valence-electron chi connectivity index (χ2n) is 10.0. The third-order valence-corrected chi connectivity index (χ3v) is 7.64. The minimum absolute atomic E-state index is 0.0663. The molecule has 2 fully saturated rings. The summed E-state index contributed by atoms with van der Waals surface area (Å²) in [6.07, 6.45) is 13.8. The highest BCUT2D eigenvalue weighted by atomic mass is 16.6. The van der Waals surface area contributed by atoms with Crippen LogP contribution < -0.4 is 0 Å². The summed E-state index contributed by atoms with van der Waals surface area (Å²) >= 11 is 0. The second-order valence-corrected chi connectivity index (χ2v) is 10.0. The van der Waals surface area contributed by atoms with Gasteiger partial charge in [0.15, 0.2) is 0 Å². The van der Waals surface area contributed by atoms with Crippen LogP contribution in [0.2, 0.25) is 0 Å². The van der Waals surface area contributed by atoms with E-state index in [9.17, 15) is 0 Å². The number of rotatable bonds is 9. The van der Waals surface area contributed by atoms with E-state index in [1.165, 1.54) is 73.6 Å². The van der Waals surface area contributed by atoms with Crippen molar-refractivity contribution in [2.24, 2.45) is 5.92 Å². The van der Waals surface area contributed by atoms with Crippen molar-refractivity contribution in [3.05, 3.63) is 59.7 Å². The molecule has 2 atom stereocenters. The van der Waals surface area contributed by atoms with Crippen LogP contribution in [-0.4, -0.2) is 19.3 Å². The molecule has 4 rings (SSSR count). The number of benzene rings is 2. The smallest absolute Gasteiger partial charge is 0.106 e. The van der Waals surface area contributed by atoms with Gasteiger partial charge in [-0.1, -0.05) is 94.5 Å². The van der Waals surface area contributed by atoms with Gasteiger partial charge in [-0.2, -0.15) is 0 Å². The zero-order valence-electron chi connectivity index (χ0n) is 20.2. The highest BCUT2D eigenvalue weighted by molar-refractivity contribution is 5.64. The summed E-state index contributed by atoms with van der Waals surface area (Å²) in [5, 5.41) is 0. The topological polar surface area (TPSA) is 18.5 Å². The predicted octanol–water partition coefficient (Wildman–Crippen LogP) is 8.46. The van der Waals surface area contributed by atoms with E-state index in [0.717, 1.165) is 24.7 Å². The Morgan fingerprint density at radius 2 is 1.31 bits per heavy atom. The summed E-state index contributed by atoms with van der Waals surface area (Å²) in [5.74, 6) is 1.74. The molecular formula is C30H42O2. The lowest BCUT2D eigenvalue weighted by molar-refractivity contribution is -0.137. The average Bonchev–Trinajstić information content (AvgIpc) is 2.86. The first kappa shape index (κ1) is 23.5. The van der Waals surface area contributed by atoms with Crippen molar-refractivity contribution in [3.8, 4) is 11.1 Å². The number of unbranched alkanes of at least 4 members (excludes halogenated alkanes) is 2. The molecule has 0 N–H and O–H groups in total. The molecule has 2 aromatic carbocycles. The maximum atomic E-state index is 6.07. The molecule has 32 heavy (non-hydrogen) atoms. The standard InChI is InChI=1S/C30H42O2/c1-3-5-6-8-23-9-11-24(12-10-23)25-13-15-26(16-14-25)27-17-19-28(20-18-27)30-22-31-29(7-4-2)21-32-30/h13-20,23-24,29-30H,3-12,21-22H2,1-2H3/t23-,24-,29-,30-/m1/s1. The maximum absolute atomic E-state index is 6.07. The maximum Gasteiger partial charge on any atom is 0.106 e. The van der Waals surface area contributed by atoms with Gasteiger partial charge in [-0.15, -0.1) is 0 Å². The summed E-state index contributed by atoms with van der Waals surface area (Å²) in [6.45, 7) is 5.88. The molecule has 1 saturated heterocycles. The predicted molar refractivity (Wildman–Crippen MR) is 134 cm³/mol. The third kappa shape index (κ3) is 6.23. The minimum Gasteiger partial charge on any atom is -0.373 e. The highest BCUT2D eigenvalue weighted by Crippen LogP contribution is 2.38. The lowest BCUT2D eigenvalue weighted by Crippen LogP contribution is -2.30. The van der Waals surface area contributed by atoms with Gasteiger partial charge >= 0.3 is 0 Å². The van der Waals surface area contributed by atoms with Gasteiger partial charge in [0.2, 0.25) is 0 Å². The largest absolute Gasteiger partial charge is 0.373 e. The molecule has 2 aliphatic rings. The van der Waals surface area contributed by atoms with Gasteiger partial charge in [-0.25, -0.2) is 0 Å². The Hall–Kier alpha value is -1.64. The van der Waals surface area contributed by atoms with Crippen LogP contribution in [0.5, 0.6) is 0 Å². The fourth-order valence-electron chi connectivity index (χ4n) is 5.53. The van der Waals surface area contributed by atoms with Crippen LogP contribution in [0, 0.1) is 5.92 Å². The van der Waals surface area contributed by atoms with E-state index < -0.39 is 0 Å². The van der Waals surface area contributed by atoms with Gasteiger partial charge in [-0.05, 0) is 66.2 Å². The molecule has 174 valence electrons. The fourth-order valence-corrected chi connectivity index (χ4v) is 5.53. The van der Waals surface area contributed by atoms with Crippen LogP contribution >= 0.6 is 0 Å². The molecular weight excluding hydrogens is 392 g/mol. The van der Waals surface area contributed by atoms with E-state index >= 15 is 0 Å². The molecule has 1 aliphatic carbocycles. The van der Waals surface area contributed by atoms with Crippen LogP contribution in [0.3, 0.4) is 0 Å². The van der Waals surface area contributed by atoms with Crippen molar-refractivity contribution in [1.29, 1.82) is 0 Å². The van der Waals surface area contributed by atoms with E-state index in [2.05, 4.69) is 62.4 Å². The highest BCUT2D eigenvalue weighted by Gasteiger charge is 2.23. The molecule has 0 bridgehead atoms. The summed E-state index contributed by atoms with van der Waals surface area (Å²) < 4.78 is 12.0. The van der Waals surface area contributed by atoms with Crippen molar-refractivity contribution in [1.82, 2.24) is 0 Å². The molecule has 1 aliphatic heterocycles. The molecule has 1 saturated carbocycles. The van der Waals surface area contributed by atoms with Crippen molar-refractivity contribution >= 4 is 0 Å². The van der Waals surface area contributed by atoms with Gasteiger partial charge in [0, 0.05) is 0 Å². The Kier molecular flexibility index (Phi) is 8.82. The summed E-state index contributed by atoms with van der Waals surface area (Å²) in [4.78, 5) is 0. The van der Waals surface area contributed by atoms with Crippen molar-refractivity contribution in [2.45, 2.75) is 96.2 Å². The van der Waals surface area contributed by atoms with Gasteiger partial charge < -0.3 is 9.47 Å². The van der Waals surface area contributed by atoms with Crippen LogP contribution in [0.15, 0.2) is 48.5 Å². The molecule has 2 aromatic rings. The van der Waals surface area contributed by atoms with E-state index in [1.807, 2.05) is 0 Å². The Labute approximate surface area is 195 Å². The van der Waals surface area contributed by atoms with Gasteiger partial charge in [0.25, 0.3) is 0 Å². The lowest BCUT2D eigenvalue weighted by atomic mass is 9.77. The molecule has 0 aromatic heterocycles. The van der Waals surface area contributed by atoms with Gasteiger partial charge in [0.1, 0.15) is 6.10 Å². The third-order valence-electron chi connectivity index (χ3n) is 7.64. The minimum atomic E-state index is 0.0663. The van der Waals surface area contributed by atoms with Crippen molar-refractivity contribution < 1.29 is 9.47 Å². The van der Waals surface area contributed by atoms with Crippen molar-refractivity contribution in [3.63, 3.8) is 0 Å². The lowest BCUT2D eigenvalue weighted by Gasteiger charge is -2.29. The quantitative estimate of drug-likeness (QED) is 0.368. The molecule has 0 unspecified atom stereocenters. The van der Waals surface area contributed by atoms with Crippen LogP contribution in [0.25, 0.3) is 11.1 Å². The fraction of sp³-hybridized carbons (Fsp3) is 0.600. The van der Waals surface area contributed by atoms with Crippen LogP contribution in [0.1, 0.15) is 101 Å². The Morgan fingerprint density at radius 3 is 1.88 bits per heavy atom. The first-order valence-corrected chi connectivity index (χ1v) is 13.2. The normalized spacial score (nSPS) is 26.2. The Morgan fingerprint density at radius 1 is 0.656 bits per heavy atom. The van der Waals surface area contributed by atoms with Crippen molar-refractivity contribution in [2.75, 3.05) is 13.2 Å². The molecule has 2 nitrogen and oxygen atoms in total. The van der Waals surface area contributed by atoms with Gasteiger partial charge in [0.05, 0.1) is 19.3 Å². The van der Waals surface area contributed by atoms with E-state index in [-0.39, 0.29) is 12.2 Å². The van der Waals surface area contributed by atoms with E-state index in [0.29, 0.717) is 13.2 Å². The zero-order valence-corrected chi connectivity index (χ0v) is 20.2. The van der Waals surface area contributed by atoms with E-state index in [4.69, 9.17) is 9.47 Å². The summed E-state index contributed by atoms with van der Waals surface area (Å²) in [7, 11) is 0. The second kappa shape index (κ2) is 12.0. The summed E-state index contributed by atoms with van der Waals surface area (Å²) in [5.41, 5.74) is 5.33. The number of hydrogen-bond acceptors (Lipinski definition) is 2. The number of hydrogen-bond donors (Lipinski definition) is 0. The number of ether oxygens (including phenoxy) is 2. The van der Waals surface area contributed by atoms with E-state index in [1.54, 1.807) is 0 Å².